The monoisotopic (exact) mass is 472 g/mol. The summed E-state index contributed by atoms with van der Waals surface area (Å²) in [7, 11) is 0. The van der Waals surface area contributed by atoms with Crippen LogP contribution in [0.25, 0.3) is 0 Å². The lowest BCUT2D eigenvalue weighted by molar-refractivity contribution is -0.128. The van der Waals surface area contributed by atoms with Crippen LogP contribution in [0.1, 0.15) is 51.2 Å². The number of hydrogen-bond donors (Lipinski definition) is 2. The summed E-state index contributed by atoms with van der Waals surface area (Å²) in [5, 5.41) is 6.70. The topological polar surface area (TPSA) is 56.7 Å². The summed E-state index contributed by atoms with van der Waals surface area (Å²) in [6.07, 6.45) is 2.78. The molecular formula is C20H33IN4O. The van der Waals surface area contributed by atoms with Crippen LogP contribution in [0.3, 0.4) is 0 Å². The average Bonchev–Trinajstić information content (AvgIpc) is 2.98. The number of benzene rings is 1. The molecule has 0 bridgehead atoms. The fourth-order valence-corrected chi connectivity index (χ4v) is 2.93. The minimum atomic E-state index is 0. The Balaban J connectivity index is 0.00000338. The van der Waals surface area contributed by atoms with E-state index in [0.29, 0.717) is 25.4 Å². The summed E-state index contributed by atoms with van der Waals surface area (Å²) >= 11 is 0. The molecular weight excluding hydrogens is 439 g/mol. The number of hydrogen-bond acceptors (Lipinski definition) is 2. The Morgan fingerprint density at radius 3 is 2.58 bits per heavy atom. The Hall–Kier alpha value is -1.31. The van der Waals surface area contributed by atoms with Crippen molar-refractivity contribution < 1.29 is 4.79 Å². The Morgan fingerprint density at radius 2 is 1.96 bits per heavy atom. The molecule has 1 saturated heterocycles. The van der Waals surface area contributed by atoms with Crippen molar-refractivity contribution in [3.8, 4) is 0 Å². The van der Waals surface area contributed by atoms with Gasteiger partial charge in [0.25, 0.3) is 0 Å². The third-order valence-electron chi connectivity index (χ3n) is 4.42. The molecule has 0 atom stereocenters. The van der Waals surface area contributed by atoms with Crippen molar-refractivity contribution in [2.75, 3.05) is 19.6 Å². The van der Waals surface area contributed by atoms with E-state index in [4.69, 9.17) is 4.99 Å². The molecule has 0 saturated carbocycles. The van der Waals surface area contributed by atoms with Gasteiger partial charge < -0.3 is 15.5 Å². The number of guanidine groups is 1. The van der Waals surface area contributed by atoms with E-state index in [1.54, 1.807) is 0 Å². The van der Waals surface area contributed by atoms with Crippen molar-refractivity contribution in [2.45, 2.75) is 53.1 Å². The van der Waals surface area contributed by atoms with E-state index >= 15 is 0 Å². The van der Waals surface area contributed by atoms with Crippen molar-refractivity contribution in [1.82, 2.24) is 15.5 Å². The number of nitrogens with zero attached hydrogens (tertiary/aromatic N) is 2. The molecule has 1 amide bonds. The summed E-state index contributed by atoms with van der Waals surface area (Å²) in [5.74, 6) is 1.80. The molecule has 0 spiro atoms. The SMILES string of the molecule is CCNC(=NCc1ccccc1CN1CCCC1=O)NCCC(C)C.I. The summed E-state index contributed by atoms with van der Waals surface area (Å²) < 4.78 is 0. The lowest BCUT2D eigenvalue weighted by Gasteiger charge is -2.18. The maximum atomic E-state index is 11.9. The van der Waals surface area contributed by atoms with Gasteiger partial charge in [-0.15, -0.1) is 24.0 Å². The molecule has 26 heavy (non-hydrogen) atoms. The first kappa shape index (κ1) is 22.7. The van der Waals surface area contributed by atoms with Gasteiger partial charge >= 0.3 is 0 Å². The summed E-state index contributed by atoms with van der Waals surface area (Å²) in [4.78, 5) is 18.6. The Bertz CT molecular complexity index is 589. The van der Waals surface area contributed by atoms with E-state index in [1.807, 2.05) is 17.0 Å². The first-order valence-corrected chi connectivity index (χ1v) is 9.47. The van der Waals surface area contributed by atoms with Gasteiger partial charge in [0.05, 0.1) is 6.54 Å². The zero-order valence-electron chi connectivity index (χ0n) is 16.3. The fraction of sp³-hybridized carbons (Fsp3) is 0.600. The molecule has 6 heteroatoms. The Kier molecular flexibility index (Phi) is 10.6. The van der Waals surface area contributed by atoms with E-state index in [9.17, 15) is 4.79 Å². The van der Waals surface area contributed by atoms with E-state index < -0.39 is 0 Å². The summed E-state index contributed by atoms with van der Waals surface area (Å²) in [6, 6.07) is 8.29. The molecule has 2 N–H and O–H groups in total. The average molecular weight is 472 g/mol. The number of nitrogens with one attached hydrogen (secondary N) is 2. The number of amides is 1. The van der Waals surface area contributed by atoms with Crippen LogP contribution in [0.2, 0.25) is 0 Å². The lowest BCUT2D eigenvalue weighted by Crippen LogP contribution is -2.38. The maximum absolute atomic E-state index is 11.9. The summed E-state index contributed by atoms with van der Waals surface area (Å²) in [5.41, 5.74) is 2.38. The van der Waals surface area contributed by atoms with Gasteiger partial charge in [0.15, 0.2) is 5.96 Å². The highest BCUT2D eigenvalue weighted by atomic mass is 127. The highest BCUT2D eigenvalue weighted by molar-refractivity contribution is 14.0. The molecule has 0 unspecified atom stereocenters. The molecule has 1 aromatic rings. The van der Waals surface area contributed by atoms with Crippen molar-refractivity contribution in [3.63, 3.8) is 0 Å². The van der Waals surface area contributed by atoms with Gasteiger partial charge in [-0.1, -0.05) is 38.1 Å². The molecule has 0 aromatic heterocycles. The van der Waals surface area contributed by atoms with Crippen molar-refractivity contribution in [1.29, 1.82) is 0 Å². The van der Waals surface area contributed by atoms with Gasteiger partial charge in [-0.2, -0.15) is 0 Å². The maximum Gasteiger partial charge on any atom is 0.222 e. The second kappa shape index (κ2) is 12.1. The quantitative estimate of drug-likeness (QED) is 0.346. The van der Waals surface area contributed by atoms with Gasteiger partial charge in [0.1, 0.15) is 0 Å². The van der Waals surface area contributed by atoms with Crippen LogP contribution in [0, 0.1) is 5.92 Å². The minimum absolute atomic E-state index is 0. The Labute approximate surface area is 175 Å². The normalized spacial score (nSPS) is 14.5. The highest BCUT2D eigenvalue weighted by Gasteiger charge is 2.20. The van der Waals surface area contributed by atoms with Crippen LogP contribution in [0.5, 0.6) is 0 Å². The Morgan fingerprint density at radius 1 is 1.23 bits per heavy atom. The third kappa shape index (κ3) is 7.51. The number of likely N-dealkylation sites (tertiary alicyclic amines) is 1. The smallest absolute Gasteiger partial charge is 0.222 e. The predicted molar refractivity (Wildman–Crippen MR) is 119 cm³/mol. The van der Waals surface area contributed by atoms with Crippen LogP contribution in [-0.2, 0) is 17.9 Å². The number of carbonyl (C=O) groups excluding carboxylic acids is 1. The number of rotatable bonds is 8. The van der Waals surface area contributed by atoms with Crippen LogP contribution in [0.15, 0.2) is 29.3 Å². The molecule has 1 aromatic carbocycles. The van der Waals surface area contributed by atoms with Crippen LogP contribution < -0.4 is 10.6 Å². The molecule has 1 heterocycles. The van der Waals surface area contributed by atoms with E-state index in [-0.39, 0.29) is 29.9 Å². The molecule has 146 valence electrons. The van der Waals surface area contributed by atoms with Crippen molar-refractivity contribution in [3.05, 3.63) is 35.4 Å². The molecule has 1 aliphatic rings. The highest BCUT2D eigenvalue weighted by Crippen LogP contribution is 2.17. The van der Waals surface area contributed by atoms with Crippen LogP contribution in [0.4, 0.5) is 0 Å². The summed E-state index contributed by atoms with van der Waals surface area (Å²) in [6.45, 7) is 10.5. The van der Waals surface area contributed by atoms with Crippen LogP contribution >= 0.6 is 24.0 Å². The minimum Gasteiger partial charge on any atom is -0.357 e. The standard InChI is InChI=1S/C20H32N4O.HI/c1-4-21-20(22-12-11-16(2)3)23-14-17-8-5-6-9-18(17)15-24-13-7-10-19(24)25;/h5-6,8-9,16H,4,7,10-15H2,1-3H3,(H2,21,22,23);1H. The molecule has 1 fully saturated rings. The molecule has 2 rings (SSSR count). The number of aliphatic imine (C=N–C) groups is 1. The van der Waals surface area contributed by atoms with Gasteiger partial charge in [-0.3, -0.25) is 4.79 Å². The zero-order valence-corrected chi connectivity index (χ0v) is 18.6. The molecule has 0 radical (unpaired) electrons. The predicted octanol–water partition coefficient (Wildman–Crippen LogP) is 3.53. The van der Waals surface area contributed by atoms with E-state index in [1.165, 1.54) is 11.1 Å². The molecule has 0 aliphatic carbocycles. The van der Waals surface area contributed by atoms with E-state index in [0.717, 1.165) is 38.4 Å². The van der Waals surface area contributed by atoms with E-state index in [2.05, 4.69) is 43.5 Å². The third-order valence-corrected chi connectivity index (χ3v) is 4.42. The van der Waals surface area contributed by atoms with Crippen molar-refractivity contribution >= 4 is 35.8 Å². The first-order chi connectivity index (χ1) is 12.1. The van der Waals surface area contributed by atoms with Gasteiger partial charge in [0.2, 0.25) is 5.91 Å². The van der Waals surface area contributed by atoms with Gasteiger partial charge in [-0.05, 0) is 36.8 Å². The zero-order chi connectivity index (χ0) is 18.1. The number of carbonyl (C=O) groups is 1. The molecule has 5 nitrogen and oxygen atoms in total. The van der Waals surface area contributed by atoms with Gasteiger partial charge in [-0.25, -0.2) is 4.99 Å². The van der Waals surface area contributed by atoms with Crippen LogP contribution in [-0.4, -0.2) is 36.4 Å². The first-order valence-electron chi connectivity index (χ1n) is 9.47. The lowest BCUT2D eigenvalue weighted by atomic mass is 10.1. The second-order valence-electron chi connectivity index (χ2n) is 6.99. The second-order valence-corrected chi connectivity index (χ2v) is 6.99. The largest absolute Gasteiger partial charge is 0.357 e. The fourth-order valence-electron chi connectivity index (χ4n) is 2.93. The number of halogens is 1. The molecule has 1 aliphatic heterocycles. The van der Waals surface area contributed by atoms with Gasteiger partial charge in [0, 0.05) is 32.6 Å². The van der Waals surface area contributed by atoms with Crippen molar-refractivity contribution in [2.24, 2.45) is 10.9 Å².